The summed E-state index contributed by atoms with van der Waals surface area (Å²) in [5.74, 6) is 3.84. The molecule has 0 atom stereocenters. The van der Waals surface area contributed by atoms with Gasteiger partial charge in [-0.25, -0.2) is 4.79 Å². The van der Waals surface area contributed by atoms with Crippen LogP contribution in [0.1, 0.15) is 0 Å². The van der Waals surface area contributed by atoms with Crippen molar-refractivity contribution < 1.29 is 9.53 Å². The number of esters is 1. The van der Waals surface area contributed by atoms with E-state index in [1.54, 1.807) is 0 Å². The number of carbonyl (C=O) groups is 1. The topological polar surface area (TPSA) is 26.3 Å². The number of rotatable bonds is 14. The van der Waals surface area contributed by atoms with Gasteiger partial charge in [0, 0.05) is 115 Å². The van der Waals surface area contributed by atoms with Crippen LogP contribution >= 0.6 is 81.1 Å². The van der Waals surface area contributed by atoms with Crippen molar-refractivity contribution in [2.75, 3.05) is 23.0 Å². The molecule has 11 rings (SSSR count). The molecule has 8 aromatic carbocycles. The first-order valence-electron chi connectivity index (χ1n) is 20.6. The summed E-state index contributed by atoms with van der Waals surface area (Å²) < 4.78 is 13.6. The Bertz CT molecular complexity index is 3240. The van der Waals surface area contributed by atoms with E-state index in [4.69, 9.17) is 4.74 Å². The van der Waals surface area contributed by atoms with Gasteiger partial charge in [0.1, 0.15) is 5.75 Å². The molecule has 0 bridgehead atoms. The molecule has 0 radical (unpaired) electrons. The zero-order valence-corrected chi connectivity index (χ0v) is 39.6. The van der Waals surface area contributed by atoms with E-state index in [2.05, 4.69) is 152 Å². The largest absolute Gasteiger partial charge is 0.423 e. The minimum absolute atomic E-state index is 0.114. The highest BCUT2D eigenvalue weighted by Crippen LogP contribution is 2.49. The van der Waals surface area contributed by atoms with Crippen molar-refractivity contribution >= 4 is 158 Å². The van der Waals surface area contributed by atoms with E-state index in [0.717, 1.165) is 33.8 Å². The summed E-state index contributed by atoms with van der Waals surface area (Å²) in [5.41, 5.74) is -0.114. The molecule has 0 saturated heterocycles. The second-order valence-corrected chi connectivity index (χ2v) is 22.9. The first kappa shape index (κ1) is 41.0. The SMILES string of the molecule is C=CC(=O)Oc1ccc2ccc(SCC(CSc3cccc4c3sc3ccccc34)(CSc3cccc4c3sc3ccccc34)CSc3cccc4c3sc3ccccc34)cc2c1. The maximum atomic E-state index is 12.1. The predicted molar refractivity (Wildman–Crippen MR) is 283 cm³/mol. The summed E-state index contributed by atoms with van der Waals surface area (Å²) in [5, 5.41) is 10.2. The molecule has 11 aromatic rings. The quantitative estimate of drug-likeness (QED) is 0.0466. The number of hydrogen-bond donors (Lipinski definition) is 0. The third-order valence-electron chi connectivity index (χ3n) is 11.4. The van der Waals surface area contributed by atoms with E-state index in [1.165, 1.54) is 86.2 Å². The molecule has 3 heterocycles. The highest BCUT2D eigenvalue weighted by Gasteiger charge is 2.33. The molecular weight excluding hydrogens is 905 g/mol. The fraction of sp³-hybridized carbons (Fsp3) is 0.0926. The molecule has 2 nitrogen and oxygen atoms in total. The standard InChI is InChI=1S/C54H38O2S7/c1-2-50(55)56-36-26-24-34-25-27-37(29-35(34)28-36)57-30-54(31-58-47-21-9-15-41-38-12-3-6-18-44(38)61-51(41)47,32-59-48-22-10-16-42-39-13-4-7-19-45(39)62-52(42)48)33-60-49-23-11-17-43-40-14-5-8-20-46(40)63-53(43)49/h2-29H,1,30-33H2. The summed E-state index contributed by atoms with van der Waals surface area (Å²) in [7, 11) is 0. The van der Waals surface area contributed by atoms with Gasteiger partial charge in [0.2, 0.25) is 0 Å². The van der Waals surface area contributed by atoms with Crippen LogP contribution in [0.3, 0.4) is 0 Å². The number of thiophene rings is 3. The third-order valence-corrected chi connectivity index (χ3v) is 21.0. The molecule has 0 aliphatic rings. The van der Waals surface area contributed by atoms with Gasteiger partial charge in [-0.1, -0.05) is 110 Å². The van der Waals surface area contributed by atoms with Gasteiger partial charge in [0.15, 0.2) is 0 Å². The molecule has 0 N–H and O–H groups in total. The molecule has 0 aliphatic heterocycles. The predicted octanol–water partition coefficient (Wildman–Crippen LogP) is 17.5. The average molecular weight is 943 g/mol. The highest BCUT2D eigenvalue weighted by molar-refractivity contribution is 8.02. The van der Waals surface area contributed by atoms with E-state index in [9.17, 15) is 4.79 Å². The minimum atomic E-state index is -0.457. The van der Waals surface area contributed by atoms with Crippen molar-refractivity contribution in [3.05, 3.63) is 176 Å². The van der Waals surface area contributed by atoms with Crippen LogP contribution in [-0.4, -0.2) is 29.0 Å². The Morgan fingerprint density at radius 3 is 1.38 bits per heavy atom. The molecule has 0 saturated carbocycles. The smallest absolute Gasteiger partial charge is 0.335 e. The molecule has 9 heteroatoms. The van der Waals surface area contributed by atoms with Crippen LogP contribution in [0, 0.1) is 5.41 Å². The molecule has 0 fully saturated rings. The number of thioether (sulfide) groups is 4. The molecule has 0 unspecified atom stereocenters. The Balaban J connectivity index is 0.999. The van der Waals surface area contributed by atoms with Crippen molar-refractivity contribution in [3.8, 4) is 5.75 Å². The summed E-state index contributed by atoms with van der Waals surface area (Å²) >= 11 is 13.7. The molecule has 0 spiro atoms. The molecule has 63 heavy (non-hydrogen) atoms. The normalized spacial score (nSPS) is 12.1. The van der Waals surface area contributed by atoms with Crippen molar-refractivity contribution in [3.63, 3.8) is 0 Å². The molecule has 3 aromatic heterocycles. The van der Waals surface area contributed by atoms with Gasteiger partial charge in [-0.2, -0.15) is 0 Å². The van der Waals surface area contributed by atoms with E-state index in [0.29, 0.717) is 5.75 Å². The first-order chi connectivity index (χ1) is 31.0. The Morgan fingerprint density at radius 2 is 0.905 bits per heavy atom. The lowest BCUT2D eigenvalue weighted by Gasteiger charge is -2.33. The van der Waals surface area contributed by atoms with E-state index >= 15 is 0 Å². The van der Waals surface area contributed by atoms with Gasteiger partial charge >= 0.3 is 5.97 Å². The van der Waals surface area contributed by atoms with Crippen LogP contribution in [0.5, 0.6) is 5.75 Å². The van der Waals surface area contributed by atoms with Crippen molar-refractivity contribution in [2.45, 2.75) is 19.6 Å². The number of fused-ring (bicyclic) bond motifs is 10. The Hall–Kier alpha value is -4.71. The Morgan fingerprint density at radius 1 is 0.476 bits per heavy atom. The van der Waals surface area contributed by atoms with Crippen LogP contribution in [0.25, 0.3) is 71.3 Å². The fourth-order valence-corrected chi connectivity index (χ4v) is 17.9. The Kier molecular flexibility index (Phi) is 11.5. The van der Waals surface area contributed by atoms with Crippen molar-refractivity contribution in [1.82, 2.24) is 0 Å². The second kappa shape index (κ2) is 17.7. The maximum Gasteiger partial charge on any atom is 0.335 e. The van der Waals surface area contributed by atoms with Gasteiger partial charge < -0.3 is 4.74 Å². The van der Waals surface area contributed by atoms with Gasteiger partial charge in [0.25, 0.3) is 0 Å². The van der Waals surface area contributed by atoms with Gasteiger partial charge in [-0.3, -0.25) is 0 Å². The second-order valence-electron chi connectivity index (χ2n) is 15.6. The third kappa shape index (κ3) is 8.18. The minimum Gasteiger partial charge on any atom is -0.423 e. The molecule has 308 valence electrons. The summed E-state index contributed by atoms with van der Waals surface area (Å²) in [6.45, 7) is 3.58. The lowest BCUT2D eigenvalue weighted by Crippen LogP contribution is -2.33. The monoisotopic (exact) mass is 942 g/mol. The maximum absolute atomic E-state index is 12.1. The van der Waals surface area contributed by atoms with E-state index in [-0.39, 0.29) is 5.41 Å². The van der Waals surface area contributed by atoms with E-state index in [1.807, 2.05) is 99.3 Å². The summed E-state index contributed by atoms with van der Waals surface area (Å²) in [4.78, 5) is 17.3. The number of benzene rings is 8. The lowest BCUT2D eigenvalue weighted by molar-refractivity contribution is -0.128. The number of carbonyl (C=O) groups excluding carboxylic acids is 1. The molecule has 0 aliphatic carbocycles. The van der Waals surface area contributed by atoms with E-state index < -0.39 is 5.97 Å². The average Bonchev–Trinajstić information content (AvgIpc) is 4.03. The zero-order chi connectivity index (χ0) is 42.3. The molecule has 0 amide bonds. The van der Waals surface area contributed by atoms with Crippen LogP contribution in [0.15, 0.2) is 196 Å². The lowest BCUT2D eigenvalue weighted by atomic mass is 9.99. The Labute approximate surface area is 394 Å². The summed E-state index contributed by atoms with van der Waals surface area (Å²) in [6, 6.07) is 59.5. The number of ether oxygens (including phenoxy) is 1. The van der Waals surface area contributed by atoms with Gasteiger partial charge in [0.05, 0.1) is 0 Å². The summed E-state index contributed by atoms with van der Waals surface area (Å²) in [6.07, 6.45) is 1.20. The highest BCUT2D eigenvalue weighted by atomic mass is 32.2. The van der Waals surface area contributed by atoms with Crippen LogP contribution in [0.2, 0.25) is 0 Å². The van der Waals surface area contributed by atoms with Crippen LogP contribution < -0.4 is 4.74 Å². The zero-order valence-electron chi connectivity index (χ0n) is 33.9. The molecular formula is C54H38O2S7. The fourth-order valence-electron chi connectivity index (χ4n) is 8.20. The van der Waals surface area contributed by atoms with Crippen LogP contribution in [0.4, 0.5) is 0 Å². The first-order valence-corrected chi connectivity index (χ1v) is 27.0. The van der Waals surface area contributed by atoms with Crippen molar-refractivity contribution in [1.29, 1.82) is 0 Å². The van der Waals surface area contributed by atoms with Gasteiger partial charge in [-0.05, 0) is 71.4 Å². The van der Waals surface area contributed by atoms with Crippen LogP contribution in [-0.2, 0) is 4.79 Å². The van der Waals surface area contributed by atoms with Gasteiger partial charge in [-0.15, -0.1) is 81.1 Å². The number of hydrogen-bond acceptors (Lipinski definition) is 9. The van der Waals surface area contributed by atoms with Crippen molar-refractivity contribution in [2.24, 2.45) is 5.41 Å².